The molecule has 3 aromatic rings. The van der Waals surface area contributed by atoms with E-state index in [-0.39, 0.29) is 16.9 Å². The number of ether oxygens (including phenoxy) is 3. The highest BCUT2D eigenvalue weighted by Gasteiger charge is 2.24. The quantitative estimate of drug-likeness (QED) is 0.425. The van der Waals surface area contributed by atoms with E-state index in [0.29, 0.717) is 41.0 Å². The first-order chi connectivity index (χ1) is 15.9. The average molecular weight is 466 g/mol. The molecule has 1 heterocycles. The Balaban J connectivity index is 1.45. The van der Waals surface area contributed by atoms with E-state index in [4.69, 9.17) is 25.8 Å². The number of esters is 1. The molecule has 1 atom stereocenters. The summed E-state index contributed by atoms with van der Waals surface area (Å²) in [5.41, 5.74) is 1.09. The van der Waals surface area contributed by atoms with Crippen LogP contribution in [0.4, 0.5) is 5.69 Å². The molecule has 0 fully saturated rings. The molecule has 168 valence electrons. The fourth-order valence-electron chi connectivity index (χ4n) is 3.26. The minimum Gasteiger partial charge on any atom is -0.486 e. The third-order valence-corrected chi connectivity index (χ3v) is 5.21. The van der Waals surface area contributed by atoms with E-state index in [0.717, 1.165) is 0 Å². The number of hydrogen-bond donors (Lipinski definition) is 1. The SMILES string of the molecule is C[C@H](OC(=O)c1ccccc1C(=O)c1ccc(Cl)cc1)C(=O)Nc1ccc2c(c1)OCCO2. The number of anilines is 1. The van der Waals surface area contributed by atoms with Crippen LogP contribution in [0.25, 0.3) is 0 Å². The van der Waals surface area contributed by atoms with Gasteiger partial charge in [-0.25, -0.2) is 4.79 Å². The Labute approximate surface area is 195 Å². The van der Waals surface area contributed by atoms with Gasteiger partial charge >= 0.3 is 5.97 Å². The molecule has 3 aromatic carbocycles. The summed E-state index contributed by atoms with van der Waals surface area (Å²) in [6.45, 7) is 2.34. The highest BCUT2D eigenvalue weighted by atomic mass is 35.5. The van der Waals surface area contributed by atoms with Crippen LogP contribution in [0.2, 0.25) is 5.02 Å². The summed E-state index contributed by atoms with van der Waals surface area (Å²) in [7, 11) is 0. The van der Waals surface area contributed by atoms with Gasteiger partial charge in [0.05, 0.1) is 5.56 Å². The second kappa shape index (κ2) is 9.75. The second-order valence-corrected chi connectivity index (χ2v) is 7.71. The number of rotatable bonds is 6. The van der Waals surface area contributed by atoms with Gasteiger partial charge in [-0.15, -0.1) is 0 Å². The molecule has 8 heteroatoms. The molecular weight excluding hydrogens is 446 g/mol. The van der Waals surface area contributed by atoms with Gasteiger partial charge in [0.2, 0.25) is 0 Å². The first-order valence-corrected chi connectivity index (χ1v) is 10.6. The number of benzene rings is 3. The molecular formula is C25H20ClNO6. The van der Waals surface area contributed by atoms with Gasteiger partial charge in [0.15, 0.2) is 23.4 Å². The lowest BCUT2D eigenvalue weighted by atomic mass is 9.98. The van der Waals surface area contributed by atoms with E-state index in [2.05, 4.69) is 5.32 Å². The number of fused-ring (bicyclic) bond motifs is 1. The number of amides is 1. The molecule has 1 amide bonds. The predicted octanol–water partition coefficient (Wildman–Crippen LogP) is 4.53. The van der Waals surface area contributed by atoms with Gasteiger partial charge in [-0.1, -0.05) is 29.8 Å². The van der Waals surface area contributed by atoms with Crippen LogP contribution in [-0.2, 0) is 9.53 Å². The first kappa shape index (κ1) is 22.4. The molecule has 0 saturated carbocycles. The van der Waals surface area contributed by atoms with Crippen molar-refractivity contribution < 1.29 is 28.6 Å². The molecule has 7 nitrogen and oxygen atoms in total. The maximum absolute atomic E-state index is 12.9. The molecule has 0 aromatic heterocycles. The van der Waals surface area contributed by atoms with Crippen molar-refractivity contribution >= 4 is 34.9 Å². The van der Waals surface area contributed by atoms with Crippen LogP contribution in [-0.4, -0.2) is 37.0 Å². The number of carbonyl (C=O) groups is 3. The van der Waals surface area contributed by atoms with E-state index in [9.17, 15) is 14.4 Å². The summed E-state index contributed by atoms with van der Waals surface area (Å²) in [6.07, 6.45) is -1.11. The minimum atomic E-state index is -1.11. The van der Waals surface area contributed by atoms with Gasteiger partial charge in [-0.2, -0.15) is 0 Å². The van der Waals surface area contributed by atoms with E-state index in [1.165, 1.54) is 19.1 Å². The van der Waals surface area contributed by atoms with Crippen molar-refractivity contribution in [3.05, 3.63) is 88.4 Å². The van der Waals surface area contributed by atoms with Crippen LogP contribution in [0.5, 0.6) is 11.5 Å². The normalized spacial score (nSPS) is 13.0. The highest BCUT2D eigenvalue weighted by molar-refractivity contribution is 6.30. The molecule has 1 aliphatic heterocycles. The lowest BCUT2D eigenvalue weighted by Gasteiger charge is -2.19. The first-order valence-electron chi connectivity index (χ1n) is 10.2. The van der Waals surface area contributed by atoms with Gasteiger partial charge in [0, 0.05) is 27.9 Å². The van der Waals surface area contributed by atoms with E-state index in [1.807, 2.05) is 0 Å². The maximum atomic E-state index is 12.9. The fraction of sp³-hybridized carbons (Fsp3) is 0.160. The maximum Gasteiger partial charge on any atom is 0.339 e. The summed E-state index contributed by atoms with van der Waals surface area (Å²) in [5.74, 6) is -0.536. The monoisotopic (exact) mass is 465 g/mol. The van der Waals surface area contributed by atoms with Crippen molar-refractivity contribution in [2.75, 3.05) is 18.5 Å². The van der Waals surface area contributed by atoms with Gasteiger partial charge < -0.3 is 19.5 Å². The predicted molar refractivity (Wildman–Crippen MR) is 122 cm³/mol. The zero-order valence-electron chi connectivity index (χ0n) is 17.7. The Hall–Kier alpha value is -3.84. The summed E-state index contributed by atoms with van der Waals surface area (Å²) >= 11 is 5.89. The lowest BCUT2D eigenvalue weighted by Crippen LogP contribution is -2.30. The van der Waals surface area contributed by atoms with Crippen molar-refractivity contribution in [2.24, 2.45) is 0 Å². The Kier molecular flexibility index (Phi) is 6.60. The Morgan fingerprint density at radius 3 is 2.30 bits per heavy atom. The van der Waals surface area contributed by atoms with Gasteiger partial charge in [0.1, 0.15) is 13.2 Å². The second-order valence-electron chi connectivity index (χ2n) is 7.28. The summed E-state index contributed by atoms with van der Waals surface area (Å²) in [4.78, 5) is 38.3. The van der Waals surface area contributed by atoms with Gasteiger partial charge in [-0.05, 0) is 49.4 Å². The van der Waals surface area contributed by atoms with E-state index >= 15 is 0 Å². The average Bonchev–Trinajstić information content (AvgIpc) is 2.84. The summed E-state index contributed by atoms with van der Waals surface area (Å²) < 4.78 is 16.3. The van der Waals surface area contributed by atoms with Crippen LogP contribution in [0.1, 0.15) is 33.2 Å². The topological polar surface area (TPSA) is 90.9 Å². The van der Waals surface area contributed by atoms with Crippen molar-refractivity contribution in [3.63, 3.8) is 0 Å². The minimum absolute atomic E-state index is 0.0661. The highest BCUT2D eigenvalue weighted by Crippen LogP contribution is 2.32. The Morgan fingerprint density at radius 2 is 1.58 bits per heavy atom. The molecule has 0 radical (unpaired) electrons. The van der Waals surface area contributed by atoms with Crippen LogP contribution >= 0.6 is 11.6 Å². The number of nitrogens with one attached hydrogen (secondary N) is 1. The lowest BCUT2D eigenvalue weighted by molar-refractivity contribution is -0.123. The molecule has 0 unspecified atom stereocenters. The van der Waals surface area contributed by atoms with E-state index < -0.39 is 18.0 Å². The zero-order valence-corrected chi connectivity index (χ0v) is 18.4. The van der Waals surface area contributed by atoms with Crippen LogP contribution < -0.4 is 14.8 Å². The summed E-state index contributed by atoms with van der Waals surface area (Å²) in [6, 6.07) is 17.6. The van der Waals surface area contributed by atoms with Crippen LogP contribution in [0.15, 0.2) is 66.7 Å². The van der Waals surface area contributed by atoms with Crippen molar-refractivity contribution in [3.8, 4) is 11.5 Å². The van der Waals surface area contributed by atoms with Gasteiger partial charge in [-0.3, -0.25) is 9.59 Å². The van der Waals surface area contributed by atoms with Crippen molar-refractivity contribution in [1.82, 2.24) is 0 Å². The number of carbonyl (C=O) groups excluding carboxylic acids is 3. The molecule has 1 aliphatic rings. The molecule has 33 heavy (non-hydrogen) atoms. The van der Waals surface area contributed by atoms with Crippen LogP contribution in [0.3, 0.4) is 0 Å². The van der Waals surface area contributed by atoms with E-state index in [1.54, 1.807) is 54.6 Å². The van der Waals surface area contributed by atoms with Crippen molar-refractivity contribution in [2.45, 2.75) is 13.0 Å². The standard InChI is InChI=1S/C25H20ClNO6/c1-15(24(29)27-18-10-11-21-22(14-18)32-13-12-31-21)33-25(30)20-5-3-2-4-19(20)23(28)16-6-8-17(26)9-7-16/h2-11,14-15H,12-13H2,1H3,(H,27,29)/t15-/m0/s1. The third kappa shape index (κ3) is 5.15. The van der Waals surface area contributed by atoms with Gasteiger partial charge in [0.25, 0.3) is 5.91 Å². The molecule has 0 aliphatic carbocycles. The van der Waals surface area contributed by atoms with Crippen molar-refractivity contribution in [1.29, 1.82) is 0 Å². The molecule has 0 spiro atoms. The molecule has 0 saturated heterocycles. The zero-order chi connectivity index (χ0) is 23.4. The largest absolute Gasteiger partial charge is 0.486 e. The van der Waals surface area contributed by atoms with Crippen LogP contribution in [0, 0.1) is 0 Å². The smallest absolute Gasteiger partial charge is 0.339 e. The Bertz CT molecular complexity index is 1210. The number of hydrogen-bond acceptors (Lipinski definition) is 6. The third-order valence-electron chi connectivity index (χ3n) is 4.96. The molecule has 0 bridgehead atoms. The fourth-order valence-corrected chi connectivity index (χ4v) is 3.38. The summed E-state index contributed by atoms with van der Waals surface area (Å²) in [5, 5.41) is 3.18. The molecule has 4 rings (SSSR count). The number of halogens is 1. The molecule has 1 N–H and O–H groups in total. The Morgan fingerprint density at radius 1 is 0.909 bits per heavy atom. The number of ketones is 1.